The van der Waals surface area contributed by atoms with Crippen molar-refractivity contribution in [3.05, 3.63) is 58.6 Å². The number of hydrogen-bond donors (Lipinski definition) is 2. The largest absolute Gasteiger partial charge is 0.508 e. The predicted octanol–water partition coefficient (Wildman–Crippen LogP) is 5.55. The third kappa shape index (κ3) is 6.64. The molecule has 0 spiro atoms. The van der Waals surface area contributed by atoms with Gasteiger partial charge in [-0.3, -0.25) is 4.79 Å². The monoisotopic (exact) mass is 398 g/mol. The molecule has 6 heteroatoms. The molecule has 5 nitrogen and oxygen atoms in total. The van der Waals surface area contributed by atoms with Crippen LogP contribution in [0.1, 0.15) is 38.2 Å². The predicted molar refractivity (Wildman–Crippen MR) is 111 cm³/mol. The highest BCUT2D eigenvalue weighted by atomic mass is 35.5. The van der Waals surface area contributed by atoms with Gasteiger partial charge in [0, 0.05) is 16.3 Å². The maximum atomic E-state index is 12.4. The summed E-state index contributed by atoms with van der Waals surface area (Å²) in [7, 11) is 0. The molecule has 0 atom stereocenters. The van der Waals surface area contributed by atoms with E-state index in [1.54, 1.807) is 30.3 Å². The van der Waals surface area contributed by atoms with E-state index in [0.29, 0.717) is 28.6 Å². The Bertz CT molecular complexity index is 870. The number of amides is 1. The summed E-state index contributed by atoms with van der Waals surface area (Å²) < 4.78 is 5.82. The quantitative estimate of drug-likeness (QED) is 0.251. The maximum absolute atomic E-state index is 12.4. The van der Waals surface area contributed by atoms with Crippen LogP contribution in [0.3, 0.4) is 0 Å². The first-order chi connectivity index (χ1) is 13.5. The zero-order valence-corrected chi connectivity index (χ0v) is 16.5. The summed E-state index contributed by atoms with van der Waals surface area (Å²) in [4.78, 5) is 12.4. The van der Waals surface area contributed by atoms with E-state index in [0.717, 1.165) is 25.7 Å². The summed E-state index contributed by atoms with van der Waals surface area (Å²) in [5.41, 5.74) is 0.967. The molecule has 0 aliphatic carbocycles. The molecular weight excluding hydrogens is 376 g/mol. The summed E-state index contributed by atoms with van der Waals surface area (Å²) in [6.45, 7) is 2.71. The number of unbranched alkanes of at least 4 members (excludes halogenated alkanes) is 3. The van der Waals surface area contributed by atoms with Gasteiger partial charge in [-0.25, -0.2) is 0 Å². The fourth-order valence-corrected chi connectivity index (χ4v) is 2.70. The first-order valence-electron chi connectivity index (χ1n) is 9.18. The number of nitriles is 1. The molecule has 2 aromatic rings. The zero-order valence-electron chi connectivity index (χ0n) is 15.7. The summed E-state index contributed by atoms with van der Waals surface area (Å²) >= 11 is 6.08. The number of rotatable bonds is 9. The molecule has 28 heavy (non-hydrogen) atoms. The lowest BCUT2D eigenvalue weighted by Gasteiger charge is -2.10. The molecule has 2 aromatic carbocycles. The van der Waals surface area contributed by atoms with Gasteiger partial charge in [-0.2, -0.15) is 5.26 Å². The van der Waals surface area contributed by atoms with E-state index in [2.05, 4.69) is 12.2 Å². The van der Waals surface area contributed by atoms with E-state index in [9.17, 15) is 15.2 Å². The molecular formula is C22H23ClN2O3. The van der Waals surface area contributed by atoms with Crippen LogP contribution in [0.25, 0.3) is 6.08 Å². The number of phenolic OH excluding ortho intramolecular Hbond substituents is 1. The highest BCUT2D eigenvalue weighted by Gasteiger charge is 2.12. The Morgan fingerprint density at radius 2 is 1.96 bits per heavy atom. The number of nitrogens with zero attached hydrogens (tertiary/aromatic N) is 1. The van der Waals surface area contributed by atoms with Gasteiger partial charge in [-0.15, -0.1) is 0 Å². The SMILES string of the molecule is CCCCCCOc1ccc(Cl)cc1/C=C(\C#N)C(=O)Nc1ccc(O)cc1. The second kappa shape index (κ2) is 11.0. The van der Waals surface area contributed by atoms with Crippen molar-refractivity contribution in [2.75, 3.05) is 11.9 Å². The average Bonchev–Trinajstić information content (AvgIpc) is 2.69. The van der Waals surface area contributed by atoms with Gasteiger partial charge >= 0.3 is 0 Å². The third-order valence-electron chi connectivity index (χ3n) is 4.02. The van der Waals surface area contributed by atoms with Gasteiger partial charge in [0.05, 0.1) is 6.61 Å². The van der Waals surface area contributed by atoms with Crippen molar-refractivity contribution in [3.8, 4) is 17.6 Å². The summed E-state index contributed by atoms with van der Waals surface area (Å²) in [6, 6.07) is 13.0. The molecule has 0 unspecified atom stereocenters. The molecule has 0 aromatic heterocycles. The van der Waals surface area contributed by atoms with E-state index >= 15 is 0 Å². The van der Waals surface area contributed by atoms with Crippen LogP contribution in [-0.4, -0.2) is 17.6 Å². The first-order valence-corrected chi connectivity index (χ1v) is 9.55. The number of carbonyl (C=O) groups excluding carboxylic acids is 1. The van der Waals surface area contributed by atoms with Gasteiger partial charge in [0.25, 0.3) is 5.91 Å². The van der Waals surface area contributed by atoms with Crippen LogP contribution in [0.5, 0.6) is 11.5 Å². The smallest absolute Gasteiger partial charge is 0.266 e. The number of anilines is 1. The van der Waals surface area contributed by atoms with Crippen molar-refractivity contribution >= 4 is 29.3 Å². The lowest BCUT2D eigenvalue weighted by molar-refractivity contribution is -0.112. The van der Waals surface area contributed by atoms with Crippen LogP contribution in [-0.2, 0) is 4.79 Å². The van der Waals surface area contributed by atoms with E-state index < -0.39 is 5.91 Å². The molecule has 0 heterocycles. The number of nitrogens with one attached hydrogen (secondary N) is 1. The lowest BCUT2D eigenvalue weighted by Crippen LogP contribution is -2.13. The highest BCUT2D eigenvalue weighted by Crippen LogP contribution is 2.26. The van der Waals surface area contributed by atoms with Gasteiger partial charge < -0.3 is 15.2 Å². The molecule has 0 radical (unpaired) electrons. The van der Waals surface area contributed by atoms with E-state index in [1.165, 1.54) is 18.2 Å². The molecule has 0 aliphatic heterocycles. The van der Waals surface area contributed by atoms with Crippen LogP contribution < -0.4 is 10.1 Å². The van der Waals surface area contributed by atoms with Crippen LogP contribution in [0.2, 0.25) is 5.02 Å². The highest BCUT2D eigenvalue weighted by molar-refractivity contribution is 6.30. The molecule has 2 N–H and O–H groups in total. The van der Waals surface area contributed by atoms with E-state index in [4.69, 9.17) is 16.3 Å². The minimum atomic E-state index is -0.554. The van der Waals surface area contributed by atoms with Crippen LogP contribution in [0.4, 0.5) is 5.69 Å². The molecule has 0 saturated heterocycles. The van der Waals surface area contributed by atoms with Gasteiger partial charge in [0.2, 0.25) is 0 Å². The van der Waals surface area contributed by atoms with Crippen molar-refractivity contribution < 1.29 is 14.6 Å². The van der Waals surface area contributed by atoms with Crippen molar-refractivity contribution in [1.29, 1.82) is 5.26 Å². The molecule has 146 valence electrons. The minimum absolute atomic E-state index is 0.0776. The van der Waals surface area contributed by atoms with E-state index in [1.807, 2.05) is 6.07 Å². The Labute approximate surface area is 170 Å². The standard InChI is InChI=1S/C22H23ClN2O3/c1-2-3-4-5-12-28-21-11-6-18(23)14-16(21)13-17(15-24)22(27)25-19-7-9-20(26)10-8-19/h6-11,13-14,26H,2-5,12H2,1H3,(H,25,27)/b17-13+. The fourth-order valence-electron chi connectivity index (χ4n) is 2.52. The van der Waals surface area contributed by atoms with Crippen molar-refractivity contribution in [1.82, 2.24) is 0 Å². The Balaban J connectivity index is 2.15. The fraction of sp³-hybridized carbons (Fsp3) is 0.273. The first kappa shape index (κ1) is 21.3. The topological polar surface area (TPSA) is 82.3 Å². The van der Waals surface area contributed by atoms with Crippen LogP contribution in [0.15, 0.2) is 48.0 Å². The molecule has 0 aliphatic rings. The third-order valence-corrected chi connectivity index (χ3v) is 4.25. The summed E-state index contributed by atoms with van der Waals surface area (Å²) in [5, 5.41) is 21.8. The average molecular weight is 399 g/mol. The van der Waals surface area contributed by atoms with Crippen LogP contribution >= 0.6 is 11.6 Å². The van der Waals surface area contributed by atoms with Crippen LogP contribution in [0, 0.1) is 11.3 Å². The number of halogens is 1. The van der Waals surface area contributed by atoms with Crippen molar-refractivity contribution in [3.63, 3.8) is 0 Å². The molecule has 0 fully saturated rings. The number of benzene rings is 2. The Hall–Kier alpha value is -2.97. The molecule has 0 saturated carbocycles. The number of phenols is 1. The van der Waals surface area contributed by atoms with Gasteiger partial charge in [-0.1, -0.05) is 37.8 Å². The normalized spacial score (nSPS) is 11.0. The van der Waals surface area contributed by atoms with Crippen molar-refractivity contribution in [2.45, 2.75) is 32.6 Å². The number of ether oxygens (including phenoxy) is 1. The summed E-state index contributed by atoms with van der Waals surface area (Å²) in [5.74, 6) is 0.113. The Morgan fingerprint density at radius 3 is 2.64 bits per heavy atom. The minimum Gasteiger partial charge on any atom is -0.508 e. The molecule has 0 bridgehead atoms. The van der Waals surface area contributed by atoms with Gasteiger partial charge in [0.1, 0.15) is 23.1 Å². The Morgan fingerprint density at radius 1 is 1.21 bits per heavy atom. The maximum Gasteiger partial charge on any atom is 0.266 e. The number of hydrogen-bond acceptors (Lipinski definition) is 4. The van der Waals surface area contributed by atoms with E-state index in [-0.39, 0.29) is 11.3 Å². The zero-order chi connectivity index (χ0) is 20.4. The van der Waals surface area contributed by atoms with Crippen molar-refractivity contribution in [2.24, 2.45) is 0 Å². The molecule has 2 rings (SSSR count). The van der Waals surface area contributed by atoms with Gasteiger partial charge in [0.15, 0.2) is 0 Å². The summed E-state index contributed by atoms with van der Waals surface area (Å²) in [6.07, 6.45) is 5.80. The van der Waals surface area contributed by atoms with Gasteiger partial charge in [-0.05, 0) is 55.0 Å². The second-order valence-corrected chi connectivity index (χ2v) is 6.70. The lowest BCUT2D eigenvalue weighted by atomic mass is 10.1. The number of aromatic hydroxyl groups is 1. The number of carbonyl (C=O) groups is 1. The Kier molecular flexibility index (Phi) is 8.38. The molecule has 1 amide bonds. The second-order valence-electron chi connectivity index (χ2n) is 6.26.